The lowest BCUT2D eigenvalue weighted by molar-refractivity contribution is -0.141. The topological polar surface area (TPSA) is 42.8 Å². The minimum absolute atomic E-state index is 0.323. The van der Waals surface area contributed by atoms with Gasteiger partial charge in [-0.15, -0.1) is 0 Å². The highest BCUT2D eigenvalue weighted by molar-refractivity contribution is 7.71. The lowest BCUT2D eigenvalue weighted by Gasteiger charge is -2.10. The molecule has 0 atom stereocenters. The number of aryl methyl sites for hydroxylation is 1. The van der Waals surface area contributed by atoms with Gasteiger partial charge in [0.15, 0.2) is 5.69 Å². The molecule has 0 saturated heterocycles. The van der Waals surface area contributed by atoms with Crippen molar-refractivity contribution in [2.75, 3.05) is 7.11 Å². The SMILES string of the molecule is COc1ccc(-c2cc(C(F)(F)F)nn2-c2ccc(=S)[nH]c2)cc1C. The van der Waals surface area contributed by atoms with Crippen LogP contribution in [-0.2, 0) is 6.18 Å². The molecular weight excluding hydrogens is 351 g/mol. The summed E-state index contributed by atoms with van der Waals surface area (Å²) in [6.45, 7) is 1.83. The number of pyridine rings is 1. The van der Waals surface area contributed by atoms with Gasteiger partial charge >= 0.3 is 6.18 Å². The van der Waals surface area contributed by atoms with Crippen LogP contribution in [0.4, 0.5) is 13.2 Å². The van der Waals surface area contributed by atoms with E-state index < -0.39 is 11.9 Å². The van der Waals surface area contributed by atoms with Gasteiger partial charge < -0.3 is 9.72 Å². The summed E-state index contributed by atoms with van der Waals surface area (Å²) >= 11 is 4.98. The highest BCUT2D eigenvalue weighted by atomic mass is 32.1. The second-order valence-corrected chi connectivity index (χ2v) is 5.86. The predicted octanol–water partition coefficient (Wildman–Crippen LogP) is 4.93. The van der Waals surface area contributed by atoms with Gasteiger partial charge in [0.1, 0.15) is 10.4 Å². The van der Waals surface area contributed by atoms with E-state index in [1.165, 1.54) is 10.9 Å². The van der Waals surface area contributed by atoms with E-state index in [4.69, 9.17) is 17.0 Å². The first kappa shape index (κ1) is 17.2. The number of halogens is 3. The van der Waals surface area contributed by atoms with Crippen LogP contribution >= 0.6 is 12.2 Å². The summed E-state index contributed by atoms with van der Waals surface area (Å²) < 4.78 is 46.4. The van der Waals surface area contributed by atoms with Crippen molar-refractivity contribution in [3.63, 3.8) is 0 Å². The fourth-order valence-corrected chi connectivity index (χ4v) is 2.62. The zero-order valence-corrected chi connectivity index (χ0v) is 14.2. The number of methoxy groups -OCH3 is 1. The molecule has 0 spiro atoms. The van der Waals surface area contributed by atoms with Crippen LogP contribution in [0.15, 0.2) is 42.6 Å². The third kappa shape index (κ3) is 3.43. The molecule has 0 saturated carbocycles. The van der Waals surface area contributed by atoms with Crippen molar-refractivity contribution >= 4 is 12.2 Å². The van der Waals surface area contributed by atoms with Gasteiger partial charge in [0.2, 0.25) is 0 Å². The van der Waals surface area contributed by atoms with Gasteiger partial charge in [-0.2, -0.15) is 18.3 Å². The third-order valence-corrected chi connectivity index (χ3v) is 3.96. The van der Waals surface area contributed by atoms with E-state index in [0.717, 1.165) is 11.6 Å². The molecule has 8 heteroatoms. The Morgan fingerprint density at radius 2 is 1.92 bits per heavy atom. The molecule has 25 heavy (non-hydrogen) atoms. The number of nitrogens with one attached hydrogen (secondary N) is 1. The Hall–Kier alpha value is -2.61. The van der Waals surface area contributed by atoms with Crippen LogP contribution in [0.3, 0.4) is 0 Å². The highest BCUT2D eigenvalue weighted by Crippen LogP contribution is 2.34. The third-order valence-electron chi connectivity index (χ3n) is 3.70. The number of hydrogen-bond acceptors (Lipinski definition) is 3. The largest absolute Gasteiger partial charge is 0.496 e. The first-order valence-corrected chi connectivity index (χ1v) is 7.72. The number of nitrogens with zero attached hydrogens (tertiary/aromatic N) is 2. The number of ether oxygens (including phenoxy) is 1. The summed E-state index contributed by atoms with van der Waals surface area (Å²) in [6.07, 6.45) is -3.02. The maximum Gasteiger partial charge on any atom is 0.435 e. The Morgan fingerprint density at radius 1 is 1.16 bits per heavy atom. The lowest BCUT2D eigenvalue weighted by atomic mass is 10.1. The van der Waals surface area contributed by atoms with Gasteiger partial charge in [0.25, 0.3) is 0 Å². The molecule has 130 valence electrons. The standard InChI is InChI=1S/C17H14F3N3OS/c1-10-7-11(3-5-14(10)24-2)13-8-15(17(18,19)20)22-23(13)12-4-6-16(25)21-9-12/h3-9H,1-2H3,(H,21,25). The predicted molar refractivity (Wildman–Crippen MR) is 90.5 cm³/mol. The first-order valence-electron chi connectivity index (χ1n) is 7.31. The second-order valence-electron chi connectivity index (χ2n) is 5.42. The monoisotopic (exact) mass is 365 g/mol. The molecule has 4 nitrogen and oxygen atoms in total. The summed E-state index contributed by atoms with van der Waals surface area (Å²) in [7, 11) is 1.54. The Balaban J connectivity index is 2.20. The number of aromatic nitrogens is 3. The second kappa shape index (κ2) is 6.36. The molecule has 0 unspecified atom stereocenters. The molecule has 3 rings (SSSR count). The maximum absolute atomic E-state index is 13.2. The van der Waals surface area contributed by atoms with Crippen molar-refractivity contribution in [2.45, 2.75) is 13.1 Å². The van der Waals surface area contributed by atoms with Crippen LogP contribution in [0.2, 0.25) is 0 Å². The average molecular weight is 365 g/mol. The maximum atomic E-state index is 13.2. The van der Waals surface area contributed by atoms with Gasteiger partial charge in [-0.1, -0.05) is 12.2 Å². The molecule has 0 fully saturated rings. The summed E-state index contributed by atoms with van der Waals surface area (Å²) in [6, 6.07) is 9.42. The molecule has 0 radical (unpaired) electrons. The summed E-state index contributed by atoms with van der Waals surface area (Å²) in [5, 5.41) is 3.74. The summed E-state index contributed by atoms with van der Waals surface area (Å²) in [5.74, 6) is 0.662. The number of aromatic amines is 1. The molecule has 0 amide bonds. The Morgan fingerprint density at radius 3 is 2.48 bits per heavy atom. The zero-order chi connectivity index (χ0) is 18.2. The molecule has 0 bridgehead atoms. The Kier molecular flexibility index (Phi) is 4.38. The van der Waals surface area contributed by atoms with Crippen molar-refractivity contribution < 1.29 is 17.9 Å². The molecular formula is C17H14F3N3OS. The van der Waals surface area contributed by atoms with Crippen LogP contribution in [-0.4, -0.2) is 21.9 Å². The van der Waals surface area contributed by atoms with E-state index in [9.17, 15) is 13.2 Å². The van der Waals surface area contributed by atoms with Gasteiger partial charge in [-0.3, -0.25) is 0 Å². The number of alkyl halides is 3. The van der Waals surface area contributed by atoms with Gasteiger partial charge in [-0.05, 0) is 48.9 Å². The molecule has 2 aromatic heterocycles. The molecule has 1 N–H and O–H groups in total. The van der Waals surface area contributed by atoms with E-state index in [1.807, 2.05) is 6.92 Å². The minimum atomic E-state index is -4.54. The van der Waals surface area contributed by atoms with Crippen molar-refractivity contribution in [2.24, 2.45) is 0 Å². The molecule has 0 aliphatic rings. The molecule has 0 aliphatic carbocycles. The highest BCUT2D eigenvalue weighted by Gasteiger charge is 2.35. The van der Waals surface area contributed by atoms with Gasteiger partial charge in [0.05, 0.1) is 18.5 Å². The van der Waals surface area contributed by atoms with E-state index in [0.29, 0.717) is 27.3 Å². The molecule has 1 aromatic carbocycles. The quantitative estimate of drug-likeness (QED) is 0.669. The summed E-state index contributed by atoms with van der Waals surface area (Å²) in [5.41, 5.74) is 1.23. The normalized spacial score (nSPS) is 11.6. The van der Waals surface area contributed by atoms with E-state index in [-0.39, 0.29) is 0 Å². The van der Waals surface area contributed by atoms with Crippen molar-refractivity contribution in [3.8, 4) is 22.7 Å². The summed E-state index contributed by atoms with van der Waals surface area (Å²) in [4.78, 5) is 2.81. The lowest BCUT2D eigenvalue weighted by Crippen LogP contribution is -2.07. The fraction of sp³-hybridized carbons (Fsp3) is 0.176. The number of hydrogen-bond donors (Lipinski definition) is 1. The number of rotatable bonds is 3. The zero-order valence-electron chi connectivity index (χ0n) is 13.4. The minimum Gasteiger partial charge on any atom is -0.496 e. The van der Waals surface area contributed by atoms with E-state index in [2.05, 4.69) is 10.1 Å². The van der Waals surface area contributed by atoms with Crippen LogP contribution in [0.1, 0.15) is 11.3 Å². The van der Waals surface area contributed by atoms with Crippen molar-refractivity contribution in [3.05, 3.63) is 58.5 Å². The van der Waals surface area contributed by atoms with Gasteiger partial charge in [0, 0.05) is 11.8 Å². The average Bonchev–Trinajstić information content (AvgIpc) is 3.01. The van der Waals surface area contributed by atoms with Crippen molar-refractivity contribution in [1.29, 1.82) is 0 Å². The first-order chi connectivity index (χ1) is 11.8. The van der Waals surface area contributed by atoms with Gasteiger partial charge in [-0.25, -0.2) is 4.68 Å². The Labute approximate surface area is 146 Å². The van der Waals surface area contributed by atoms with E-state index >= 15 is 0 Å². The molecule has 2 heterocycles. The van der Waals surface area contributed by atoms with Crippen LogP contribution < -0.4 is 4.74 Å². The van der Waals surface area contributed by atoms with E-state index in [1.54, 1.807) is 37.4 Å². The number of benzene rings is 1. The fourth-order valence-electron chi connectivity index (χ4n) is 2.49. The molecule has 0 aliphatic heterocycles. The van der Waals surface area contributed by atoms with Crippen LogP contribution in [0.5, 0.6) is 5.75 Å². The smallest absolute Gasteiger partial charge is 0.435 e. The number of H-pyrrole nitrogens is 1. The van der Waals surface area contributed by atoms with Crippen LogP contribution in [0, 0.1) is 11.6 Å². The Bertz CT molecular complexity index is 956. The molecule has 3 aromatic rings. The van der Waals surface area contributed by atoms with Crippen LogP contribution in [0.25, 0.3) is 16.9 Å². The van der Waals surface area contributed by atoms with Crippen molar-refractivity contribution in [1.82, 2.24) is 14.8 Å².